The summed E-state index contributed by atoms with van der Waals surface area (Å²) in [7, 11) is 0. The predicted octanol–water partition coefficient (Wildman–Crippen LogP) is 2.43. The molecule has 2 aromatic rings. The maximum absolute atomic E-state index is 13.2. The lowest BCUT2D eigenvalue weighted by Gasteiger charge is -2.04. The molecule has 0 bridgehead atoms. The molecule has 0 aliphatic carbocycles. The molecule has 6 nitrogen and oxygen atoms in total. The molecule has 0 amide bonds. The van der Waals surface area contributed by atoms with Crippen LogP contribution in [-0.4, -0.2) is 14.9 Å². The summed E-state index contributed by atoms with van der Waals surface area (Å²) >= 11 is 5.69. The van der Waals surface area contributed by atoms with Crippen molar-refractivity contribution < 1.29 is 9.31 Å². The highest BCUT2D eigenvalue weighted by Crippen LogP contribution is 2.32. The maximum atomic E-state index is 13.2. The Morgan fingerprint density at radius 2 is 2.06 bits per heavy atom. The van der Waals surface area contributed by atoms with E-state index in [-0.39, 0.29) is 22.1 Å². The molecule has 0 radical (unpaired) electrons. The first-order valence-corrected chi connectivity index (χ1v) is 5.08. The normalized spacial score (nSPS) is 10.3. The van der Waals surface area contributed by atoms with E-state index in [9.17, 15) is 14.5 Å². The zero-order valence-electron chi connectivity index (χ0n) is 8.80. The van der Waals surface area contributed by atoms with Crippen molar-refractivity contribution in [1.29, 1.82) is 0 Å². The van der Waals surface area contributed by atoms with Crippen LogP contribution >= 0.6 is 11.6 Å². The minimum atomic E-state index is -0.719. The minimum Gasteiger partial charge on any atom is -0.378 e. The summed E-state index contributed by atoms with van der Waals surface area (Å²) in [6, 6.07) is 3.53. The number of nitrogens with zero attached hydrogens (tertiary/aromatic N) is 3. The van der Waals surface area contributed by atoms with Crippen LogP contribution in [0.5, 0.6) is 0 Å². The Morgan fingerprint density at radius 1 is 1.33 bits per heavy atom. The van der Waals surface area contributed by atoms with E-state index in [0.717, 1.165) is 18.5 Å². The van der Waals surface area contributed by atoms with Gasteiger partial charge in [-0.05, 0) is 18.2 Å². The van der Waals surface area contributed by atoms with Crippen LogP contribution in [0, 0.1) is 15.9 Å². The van der Waals surface area contributed by atoms with Crippen molar-refractivity contribution in [2.24, 2.45) is 0 Å². The molecule has 92 valence electrons. The van der Waals surface area contributed by atoms with Gasteiger partial charge in [0.2, 0.25) is 5.82 Å². The maximum Gasteiger partial charge on any atom is 0.337 e. The second-order valence-corrected chi connectivity index (χ2v) is 3.81. The average Bonchev–Trinajstić information content (AvgIpc) is 2.26. The van der Waals surface area contributed by atoms with Gasteiger partial charge in [-0.3, -0.25) is 10.1 Å². The molecular formula is C10H6ClFN4O2. The molecular weight excluding hydrogens is 263 g/mol. The zero-order valence-corrected chi connectivity index (χ0v) is 9.56. The van der Waals surface area contributed by atoms with Crippen LogP contribution in [0.4, 0.5) is 15.9 Å². The lowest BCUT2D eigenvalue weighted by molar-refractivity contribution is -0.383. The Kier molecular flexibility index (Phi) is 3.07. The third-order valence-corrected chi connectivity index (χ3v) is 2.39. The molecule has 2 N–H and O–H groups in total. The van der Waals surface area contributed by atoms with E-state index in [0.29, 0.717) is 0 Å². The molecule has 0 spiro atoms. The first kappa shape index (κ1) is 12.2. The van der Waals surface area contributed by atoms with E-state index in [4.69, 9.17) is 17.3 Å². The molecule has 0 saturated heterocycles. The molecule has 1 aromatic heterocycles. The van der Waals surface area contributed by atoms with Gasteiger partial charge in [0.25, 0.3) is 0 Å². The first-order valence-electron chi connectivity index (χ1n) is 4.70. The van der Waals surface area contributed by atoms with Gasteiger partial charge < -0.3 is 5.73 Å². The first-order chi connectivity index (χ1) is 8.49. The molecule has 0 aliphatic rings. The summed E-state index contributed by atoms with van der Waals surface area (Å²) in [4.78, 5) is 17.5. The van der Waals surface area contributed by atoms with Gasteiger partial charge >= 0.3 is 5.69 Å². The van der Waals surface area contributed by atoms with Crippen molar-refractivity contribution in [3.63, 3.8) is 0 Å². The molecule has 0 unspecified atom stereocenters. The molecule has 0 fully saturated rings. The van der Waals surface area contributed by atoms with Gasteiger partial charge in [0.1, 0.15) is 12.1 Å². The molecule has 0 saturated carbocycles. The summed E-state index contributed by atoms with van der Waals surface area (Å²) in [6.07, 6.45) is 1.07. The van der Waals surface area contributed by atoms with Gasteiger partial charge in [-0.1, -0.05) is 11.6 Å². The molecule has 1 heterocycles. The fourth-order valence-corrected chi connectivity index (χ4v) is 1.70. The van der Waals surface area contributed by atoms with Crippen LogP contribution in [0.15, 0.2) is 24.5 Å². The lowest BCUT2D eigenvalue weighted by atomic mass is 10.1. The number of hydrogen-bond donors (Lipinski definition) is 1. The highest BCUT2D eigenvalue weighted by molar-refractivity contribution is 6.30. The predicted molar refractivity (Wildman–Crippen MR) is 63.5 cm³/mol. The number of aromatic nitrogens is 2. The van der Waals surface area contributed by atoms with Gasteiger partial charge in [-0.2, -0.15) is 0 Å². The summed E-state index contributed by atoms with van der Waals surface area (Å²) < 4.78 is 13.2. The number of hydrogen-bond acceptors (Lipinski definition) is 5. The zero-order chi connectivity index (χ0) is 13.3. The van der Waals surface area contributed by atoms with Crippen LogP contribution in [0.25, 0.3) is 11.3 Å². The van der Waals surface area contributed by atoms with Crippen LogP contribution in [0.1, 0.15) is 0 Å². The van der Waals surface area contributed by atoms with Gasteiger partial charge in [-0.25, -0.2) is 14.4 Å². The second-order valence-electron chi connectivity index (χ2n) is 3.37. The third kappa shape index (κ3) is 2.21. The average molecular weight is 269 g/mol. The number of nitrogens with two attached hydrogens (primary N) is 1. The number of nitrogen functional groups attached to an aromatic ring is 1. The molecule has 2 rings (SSSR count). The summed E-state index contributed by atoms with van der Waals surface area (Å²) in [6.45, 7) is 0. The van der Waals surface area contributed by atoms with Crippen LogP contribution in [-0.2, 0) is 0 Å². The number of anilines is 1. The Hall–Kier alpha value is -2.28. The Balaban J connectivity index is 2.71. The van der Waals surface area contributed by atoms with Crippen molar-refractivity contribution >= 4 is 23.1 Å². The van der Waals surface area contributed by atoms with Gasteiger partial charge in [0, 0.05) is 10.6 Å². The largest absolute Gasteiger partial charge is 0.378 e. The van der Waals surface area contributed by atoms with Crippen LogP contribution < -0.4 is 5.73 Å². The third-order valence-electron chi connectivity index (χ3n) is 2.17. The standard InChI is InChI=1S/C10H6ClFN4O2/c11-6-1-5(2-7(12)3-6)8-9(16(17)18)10(13)15-4-14-8/h1-4H,(H2,13,14,15). The van der Waals surface area contributed by atoms with Crippen LogP contribution in [0.3, 0.4) is 0 Å². The monoisotopic (exact) mass is 268 g/mol. The topological polar surface area (TPSA) is 94.9 Å². The number of nitro groups is 1. The van der Waals surface area contributed by atoms with E-state index >= 15 is 0 Å². The Morgan fingerprint density at radius 3 is 2.67 bits per heavy atom. The van der Waals surface area contributed by atoms with Gasteiger partial charge in [0.05, 0.1) is 4.92 Å². The molecule has 1 aromatic carbocycles. The van der Waals surface area contributed by atoms with E-state index in [1.165, 1.54) is 6.07 Å². The summed E-state index contributed by atoms with van der Waals surface area (Å²) in [5, 5.41) is 11.0. The fraction of sp³-hybridized carbons (Fsp3) is 0. The SMILES string of the molecule is Nc1ncnc(-c2cc(F)cc(Cl)c2)c1[N+](=O)[O-]. The van der Waals surface area contributed by atoms with E-state index in [1.807, 2.05) is 0 Å². The van der Waals surface area contributed by atoms with E-state index < -0.39 is 16.4 Å². The van der Waals surface area contributed by atoms with Gasteiger partial charge in [-0.15, -0.1) is 0 Å². The Labute approximate surface area is 105 Å². The molecule has 0 atom stereocenters. The number of benzene rings is 1. The van der Waals surface area contributed by atoms with E-state index in [1.54, 1.807) is 0 Å². The van der Waals surface area contributed by atoms with Crippen molar-refractivity contribution in [1.82, 2.24) is 9.97 Å². The summed E-state index contributed by atoms with van der Waals surface area (Å²) in [5.41, 5.74) is 5.04. The fourth-order valence-electron chi connectivity index (χ4n) is 1.47. The van der Waals surface area contributed by atoms with Crippen molar-refractivity contribution in [3.05, 3.63) is 45.5 Å². The number of rotatable bonds is 2. The van der Waals surface area contributed by atoms with Crippen molar-refractivity contribution in [2.45, 2.75) is 0 Å². The highest BCUT2D eigenvalue weighted by atomic mass is 35.5. The minimum absolute atomic E-state index is 0.0751. The highest BCUT2D eigenvalue weighted by Gasteiger charge is 2.22. The van der Waals surface area contributed by atoms with Crippen LogP contribution in [0.2, 0.25) is 5.02 Å². The quantitative estimate of drug-likeness (QED) is 0.666. The lowest BCUT2D eigenvalue weighted by Crippen LogP contribution is -2.02. The summed E-state index contributed by atoms with van der Waals surface area (Å²) in [5.74, 6) is -0.908. The number of halogens is 2. The molecule has 0 aliphatic heterocycles. The molecule has 8 heteroatoms. The van der Waals surface area contributed by atoms with E-state index in [2.05, 4.69) is 9.97 Å². The molecule has 18 heavy (non-hydrogen) atoms. The van der Waals surface area contributed by atoms with Crippen molar-refractivity contribution in [3.8, 4) is 11.3 Å². The van der Waals surface area contributed by atoms with Crippen molar-refractivity contribution in [2.75, 3.05) is 5.73 Å². The second kappa shape index (κ2) is 4.53. The Bertz CT molecular complexity index is 615. The van der Waals surface area contributed by atoms with Gasteiger partial charge in [0.15, 0.2) is 5.69 Å². The smallest absolute Gasteiger partial charge is 0.337 e.